The number of rotatable bonds is 5. The summed E-state index contributed by atoms with van der Waals surface area (Å²) in [5.74, 6) is -0.00780. The fourth-order valence-corrected chi connectivity index (χ4v) is 4.19. The Balaban J connectivity index is 1.49. The minimum atomic E-state index is -1.01. The quantitative estimate of drug-likeness (QED) is 0.482. The summed E-state index contributed by atoms with van der Waals surface area (Å²) in [5, 5.41) is 17.6. The van der Waals surface area contributed by atoms with E-state index in [0.717, 1.165) is 5.56 Å². The number of benzene rings is 1. The number of fused-ring (bicyclic) bond motifs is 1. The van der Waals surface area contributed by atoms with Gasteiger partial charge in [-0.05, 0) is 56.2 Å². The number of anilines is 1. The van der Waals surface area contributed by atoms with Crippen LogP contribution in [0.4, 0.5) is 5.82 Å². The van der Waals surface area contributed by atoms with Crippen molar-refractivity contribution in [3.63, 3.8) is 0 Å². The number of nitrogens with zero attached hydrogens (tertiary/aromatic N) is 6. The van der Waals surface area contributed by atoms with E-state index in [1.807, 2.05) is 42.7 Å². The minimum absolute atomic E-state index is 0.168. The number of carbonyl (C=O) groups is 2. The van der Waals surface area contributed by atoms with Gasteiger partial charge in [0.25, 0.3) is 5.91 Å². The molecule has 9 heteroatoms. The van der Waals surface area contributed by atoms with E-state index in [2.05, 4.69) is 15.2 Å². The molecule has 0 aliphatic carbocycles. The number of hydrogen-bond acceptors (Lipinski definition) is 6. The molecule has 4 heterocycles. The van der Waals surface area contributed by atoms with E-state index in [1.54, 1.807) is 30.3 Å². The lowest BCUT2D eigenvalue weighted by molar-refractivity contribution is 0.0695. The zero-order valence-electron chi connectivity index (χ0n) is 18.9. The smallest absolute Gasteiger partial charge is 0.336 e. The Morgan fingerprint density at radius 3 is 2.74 bits per heavy atom. The zero-order valence-corrected chi connectivity index (χ0v) is 18.9. The van der Waals surface area contributed by atoms with Crippen molar-refractivity contribution in [1.82, 2.24) is 24.7 Å². The monoisotopic (exact) mass is 454 g/mol. The topological polar surface area (TPSA) is 114 Å². The molecular weight excluding hydrogens is 432 g/mol. The summed E-state index contributed by atoms with van der Waals surface area (Å²) in [6.07, 6.45) is 3.14. The molecular formula is C25H22N6O3. The van der Waals surface area contributed by atoms with Crippen molar-refractivity contribution in [2.24, 2.45) is 0 Å². The van der Waals surface area contributed by atoms with Crippen LogP contribution in [0, 0.1) is 6.92 Å². The predicted molar refractivity (Wildman–Crippen MR) is 126 cm³/mol. The number of carboxylic acid groups (broad SMARTS) is 1. The Hall–Kier alpha value is -4.40. The zero-order chi connectivity index (χ0) is 24.0. The first-order chi connectivity index (χ1) is 16.3. The summed E-state index contributed by atoms with van der Waals surface area (Å²) < 4.78 is 1.93. The summed E-state index contributed by atoms with van der Waals surface area (Å²) in [6.45, 7) is 6.19. The van der Waals surface area contributed by atoms with Gasteiger partial charge in [-0.3, -0.25) is 14.7 Å². The number of carbonyl (C=O) groups excluding carboxylic acids is 1. The van der Waals surface area contributed by atoms with Gasteiger partial charge in [0.2, 0.25) is 0 Å². The van der Waals surface area contributed by atoms with Gasteiger partial charge in [-0.1, -0.05) is 18.2 Å². The molecule has 170 valence electrons. The molecule has 1 aliphatic rings. The molecule has 9 nitrogen and oxygen atoms in total. The molecule has 0 unspecified atom stereocenters. The Morgan fingerprint density at radius 1 is 1.15 bits per heavy atom. The molecule has 1 amide bonds. The van der Waals surface area contributed by atoms with Crippen LogP contribution in [0.15, 0.2) is 55.0 Å². The molecule has 5 rings (SSSR count). The van der Waals surface area contributed by atoms with E-state index >= 15 is 0 Å². The molecule has 1 N–H and O–H groups in total. The molecule has 0 atom stereocenters. The maximum atomic E-state index is 13.4. The molecule has 4 aromatic rings. The highest BCUT2D eigenvalue weighted by Gasteiger charge is 2.30. The SMILES string of the molecule is Cc1c(C(=O)O)ccnc1-c1ccc2c(c1)C(=O)N(c1cccc(-c3nncn3C(C)C)n1)C2. The van der Waals surface area contributed by atoms with Gasteiger partial charge < -0.3 is 9.67 Å². The van der Waals surface area contributed by atoms with Crippen LogP contribution in [-0.2, 0) is 6.54 Å². The highest BCUT2D eigenvalue weighted by atomic mass is 16.4. The molecule has 0 saturated heterocycles. The van der Waals surface area contributed by atoms with Gasteiger partial charge in [-0.2, -0.15) is 0 Å². The largest absolute Gasteiger partial charge is 0.478 e. The summed E-state index contributed by atoms with van der Waals surface area (Å²) in [7, 11) is 0. The predicted octanol–water partition coefficient (Wildman–Crippen LogP) is 4.15. The average molecular weight is 454 g/mol. The van der Waals surface area contributed by atoms with E-state index in [0.29, 0.717) is 46.3 Å². The lowest BCUT2D eigenvalue weighted by atomic mass is 9.99. The first-order valence-corrected chi connectivity index (χ1v) is 10.9. The second-order valence-electron chi connectivity index (χ2n) is 8.44. The third kappa shape index (κ3) is 3.51. The van der Waals surface area contributed by atoms with E-state index in [1.165, 1.54) is 12.3 Å². The Labute approximate surface area is 195 Å². The number of aromatic carboxylic acids is 1. The van der Waals surface area contributed by atoms with Gasteiger partial charge >= 0.3 is 5.97 Å². The second-order valence-corrected chi connectivity index (χ2v) is 8.44. The van der Waals surface area contributed by atoms with E-state index in [9.17, 15) is 14.7 Å². The van der Waals surface area contributed by atoms with Gasteiger partial charge in [0, 0.05) is 23.4 Å². The number of aromatic nitrogens is 5. The van der Waals surface area contributed by atoms with Crippen LogP contribution < -0.4 is 4.90 Å². The molecule has 0 fully saturated rings. The van der Waals surface area contributed by atoms with Crippen molar-refractivity contribution in [3.05, 3.63) is 77.2 Å². The molecule has 1 aliphatic heterocycles. The van der Waals surface area contributed by atoms with Crippen molar-refractivity contribution >= 4 is 17.7 Å². The Kier molecular flexibility index (Phi) is 5.16. The molecule has 0 spiro atoms. The van der Waals surface area contributed by atoms with Crippen molar-refractivity contribution < 1.29 is 14.7 Å². The van der Waals surface area contributed by atoms with Crippen LogP contribution in [0.5, 0.6) is 0 Å². The fraction of sp³-hybridized carbons (Fsp3) is 0.200. The van der Waals surface area contributed by atoms with E-state index < -0.39 is 5.97 Å². The van der Waals surface area contributed by atoms with Crippen LogP contribution in [0.3, 0.4) is 0 Å². The maximum Gasteiger partial charge on any atom is 0.336 e. The highest BCUT2D eigenvalue weighted by molar-refractivity contribution is 6.10. The summed E-state index contributed by atoms with van der Waals surface area (Å²) in [4.78, 5) is 35.6. The number of hydrogen-bond donors (Lipinski definition) is 1. The molecule has 1 aromatic carbocycles. The standard InChI is InChI=1S/C25H22N6O3/c1-14(2)31-13-27-29-23(31)20-5-4-6-21(28-20)30-12-17-8-7-16(11-19(17)24(30)32)22-15(3)18(25(33)34)9-10-26-22/h4-11,13-14H,12H2,1-3H3,(H,33,34). The van der Waals surface area contributed by atoms with E-state index in [-0.39, 0.29) is 17.5 Å². The van der Waals surface area contributed by atoms with Crippen molar-refractivity contribution in [1.29, 1.82) is 0 Å². The number of amides is 1. The molecule has 0 radical (unpaired) electrons. The highest BCUT2D eigenvalue weighted by Crippen LogP contribution is 2.32. The molecule has 0 saturated carbocycles. The van der Waals surface area contributed by atoms with Crippen molar-refractivity contribution in [2.75, 3.05) is 4.90 Å². The lowest BCUT2D eigenvalue weighted by Gasteiger charge is -2.16. The van der Waals surface area contributed by atoms with Gasteiger partial charge in [0.15, 0.2) is 5.82 Å². The van der Waals surface area contributed by atoms with E-state index in [4.69, 9.17) is 4.98 Å². The van der Waals surface area contributed by atoms with Gasteiger partial charge in [-0.25, -0.2) is 9.78 Å². The molecule has 34 heavy (non-hydrogen) atoms. The van der Waals surface area contributed by atoms with Crippen LogP contribution in [0.25, 0.3) is 22.8 Å². The van der Waals surface area contributed by atoms with Crippen molar-refractivity contribution in [3.8, 4) is 22.8 Å². The first-order valence-electron chi connectivity index (χ1n) is 10.9. The van der Waals surface area contributed by atoms with Crippen molar-refractivity contribution in [2.45, 2.75) is 33.4 Å². The second kappa shape index (κ2) is 8.18. The Morgan fingerprint density at radius 2 is 1.97 bits per heavy atom. The Bertz CT molecular complexity index is 1440. The normalized spacial score (nSPS) is 12.9. The van der Waals surface area contributed by atoms with Gasteiger partial charge in [0.1, 0.15) is 17.8 Å². The summed E-state index contributed by atoms with van der Waals surface area (Å²) in [5.41, 5.74) is 4.05. The average Bonchev–Trinajstić information content (AvgIpc) is 3.44. The third-order valence-corrected chi connectivity index (χ3v) is 5.99. The maximum absolute atomic E-state index is 13.4. The van der Waals surface area contributed by atoms with Gasteiger partial charge in [0.05, 0.1) is 17.8 Å². The van der Waals surface area contributed by atoms with Crippen LogP contribution in [0.1, 0.15) is 51.7 Å². The molecule has 0 bridgehead atoms. The minimum Gasteiger partial charge on any atom is -0.478 e. The summed E-state index contributed by atoms with van der Waals surface area (Å²) >= 11 is 0. The third-order valence-electron chi connectivity index (χ3n) is 5.99. The number of carboxylic acids is 1. The van der Waals surface area contributed by atoms with Gasteiger partial charge in [-0.15, -0.1) is 10.2 Å². The van der Waals surface area contributed by atoms with Crippen LogP contribution >= 0.6 is 0 Å². The lowest BCUT2D eigenvalue weighted by Crippen LogP contribution is -2.24. The number of pyridine rings is 2. The van der Waals surface area contributed by atoms with Crippen LogP contribution in [0.2, 0.25) is 0 Å². The first kappa shape index (κ1) is 21.4. The fourth-order valence-electron chi connectivity index (χ4n) is 4.19. The summed E-state index contributed by atoms with van der Waals surface area (Å²) in [6, 6.07) is 12.7. The molecule has 3 aromatic heterocycles. The van der Waals surface area contributed by atoms with Crippen LogP contribution in [-0.4, -0.2) is 41.7 Å².